The molecule has 0 spiro atoms. The lowest BCUT2D eigenvalue weighted by atomic mass is 10.0. The number of fused-ring (bicyclic) bond motifs is 1. The van der Waals surface area contributed by atoms with Gasteiger partial charge in [-0.3, -0.25) is 0 Å². The first-order chi connectivity index (χ1) is 11.7. The van der Waals surface area contributed by atoms with E-state index in [-0.39, 0.29) is 12.1 Å². The molecular weight excluding hydrogens is 302 g/mol. The van der Waals surface area contributed by atoms with Gasteiger partial charge in [-0.2, -0.15) is 0 Å². The highest BCUT2D eigenvalue weighted by Crippen LogP contribution is 2.35. The number of nitrogens with zero attached hydrogens (tertiary/aromatic N) is 1. The SMILES string of the molecule is COC1CCN(CCNC(=O)N[C@@H]2c3ccccc3C[C@H]2C)CC1. The number of likely N-dealkylation sites (tertiary alicyclic amines) is 1. The van der Waals surface area contributed by atoms with Gasteiger partial charge in [0.25, 0.3) is 0 Å². The highest BCUT2D eigenvalue weighted by molar-refractivity contribution is 5.74. The van der Waals surface area contributed by atoms with Crippen molar-refractivity contribution in [2.75, 3.05) is 33.3 Å². The lowest BCUT2D eigenvalue weighted by Crippen LogP contribution is -2.44. The molecule has 1 aliphatic carbocycles. The molecular formula is C19H29N3O2. The Kier molecular flexibility index (Phi) is 5.74. The van der Waals surface area contributed by atoms with E-state index >= 15 is 0 Å². The molecule has 5 heteroatoms. The predicted octanol–water partition coefficient (Wildman–Crippen LogP) is 2.33. The van der Waals surface area contributed by atoms with Crippen molar-refractivity contribution < 1.29 is 9.53 Å². The summed E-state index contributed by atoms with van der Waals surface area (Å²) in [6, 6.07) is 8.47. The molecule has 0 bridgehead atoms. The van der Waals surface area contributed by atoms with Crippen molar-refractivity contribution in [3.63, 3.8) is 0 Å². The van der Waals surface area contributed by atoms with Crippen LogP contribution in [-0.4, -0.2) is 50.3 Å². The summed E-state index contributed by atoms with van der Waals surface area (Å²) >= 11 is 0. The maximum absolute atomic E-state index is 12.2. The molecule has 1 fully saturated rings. The van der Waals surface area contributed by atoms with Crippen molar-refractivity contribution in [1.82, 2.24) is 15.5 Å². The molecule has 2 aliphatic rings. The molecule has 24 heavy (non-hydrogen) atoms. The maximum Gasteiger partial charge on any atom is 0.315 e. The second-order valence-electron chi connectivity index (χ2n) is 7.03. The highest BCUT2D eigenvalue weighted by Gasteiger charge is 2.30. The maximum atomic E-state index is 12.2. The van der Waals surface area contributed by atoms with E-state index in [1.807, 2.05) is 6.07 Å². The van der Waals surface area contributed by atoms with Gasteiger partial charge < -0.3 is 20.3 Å². The third-order valence-electron chi connectivity index (χ3n) is 5.37. The van der Waals surface area contributed by atoms with Gasteiger partial charge in [-0.25, -0.2) is 4.79 Å². The van der Waals surface area contributed by atoms with Gasteiger partial charge in [0, 0.05) is 33.3 Å². The minimum atomic E-state index is -0.0599. The van der Waals surface area contributed by atoms with E-state index in [4.69, 9.17) is 4.74 Å². The first kappa shape index (κ1) is 17.2. The van der Waals surface area contributed by atoms with Crippen LogP contribution in [0, 0.1) is 5.92 Å². The summed E-state index contributed by atoms with van der Waals surface area (Å²) in [5.41, 5.74) is 2.62. The van der Waals surface area contributed by atoms with Crippen LogP contribution in [0.5, 0.6) is 0 Å². The first-order valence-corrected chi connectivity index (χ1v) is 9.04. The number of hydrogen-bond donors (Lipinski definition) is 2. The number of benzene rings is 1. The number of carbonyl (C=O) groups excluding carboxylic acids is 1. The van der Waals surface area contributed by atoms with E-state index in [2.05, 4.69) is 40.7 Å². The Hall–Kier alpha value is -1.59. The monoisotopic (exact) mass is 331 g/mol. The highest BCUT2D eigenvalue weighted by atomic mass is 16.5. The van der Waals surface area contributed by atoms with Gasteiger partial charge in [-0.1, -0.05) is 31.2 Å². The van der Waals surface area contributed by atoms with Crippen molar-refractivity contribution >= 4 is 6.03 Å². The van der Waals surface area contributed by atoms with Gasteiger partial charge in [0.05, 0.1) is 12.1 Å². The average molecular weight is 331 g/mol. The van der Waals surface area contributed by atoms with Crippen LogP contribution in [0.25, 0.3) is 0 Å². The second kappa shape index (κ2) is 7.99. The lowest BCUT2D eigenvalue weighted by molar-refractivity contribution is 0.0416. The molecule has 2 atom stereocenters. The predicted molar refractivity (Wildman–Crippen MR) is 95.1 cm³/mol. The normalized spacial score (nSPS) is 24.6. The topological polar surface area (TPSA) is 53.6 Å². The molecule has 2 amide bonds. The number of urea groups is 1. The Balaban J connectivity index is 1.40. The molecule has 1 saturated heterocycles. The van der Waals surface area contributed by atoms with Crippen molar-refractivity contribution in [3.05, 3.63) is 35.4 Å². The number of methoxy groups -OCH3 is 1. The Labute approximate surface area is 144 Å². The zero-order valence-corrected chi connectivity index (χ0v) is 14.8. The van der Waals surface area contributed by atoms with Crippen LogP contribution in [0.2, 0.25) is 0 Å². The molecule has 5 nitrogen and oxygen atoms in total. The van der Waals surface area contributed by atoms with E-state index in [9.17, 15) is 4.79 Å². The smallest absolute Gasteiger partial charge is 0.315 e. The second-order valence-corrected chi connectivity index (χ2v) is 7.03. The summed E-state index contributed by atoms with van der Waals surface area (Å²) < 4.78 is 5.39. The van der Waals surface area contributed by atoms with Gasteiger partial charge in [-0.15, -0.1) is 0 Å². The van der Waals surface area contributed by atoms with E-state index < -0.39 is 0 Å². The van der Waals surface area contributed by atoms with Gasteiger partial charge in [0.15, 0.2) is 0 Å². The molecule has 1 aliphatic heterocycles. The average Bonchev–Trinajstić information content (AvgIpc) is 2.91. The minimum absolute atomic E-state index is 0.0599. The zero-order valence-electron chi connectivity index (χ0n) is 14.8. The number of rotatable bonds is 5. The summed E-state index contributed by atoms with van der Waals surface area (Å²) in [4.78, 5) is 14.6. The fourth-order valence-corrected chi connectivity index (χ4v) is 3.90. The summed E-state index contributed by atoms with van der Waals surface area (Å²) in [5, 5.41) is 6.16. The van der Waals surface area contributed by atoms with Crippen LogP contribution in [0.1, 0.15) is 36.9 Å². The van der Waals surface area contributed by atoms with E-state index in [0.717, 1.165) is 38.9 Å². The van der Waals surface area contributed by atoms with E-state index in [1.54, 1.807) is 7.11 Å². The number of ether oxygens (including phenoxy) is 1. The van der Waals surface area contributed by atoms with Gasteiger partial charge in [0.1, 0.15) is 0 Å². The van der Waals surface area contributed by atoms with E-state index in [1.165, 1.54) is 11.1 Å². The van der Waals surface area contributed by atoms with Crippen LogP contribution < -0.4 is 10.6 Å². The standard InChI is InChI=1S/C19H29N3O2/c1-14-13-15-5-3-4-6-17(15)18(14)21-19(23)20-9-12-22-10-7-16(24-2)8-11-22/h3-6,14,16,18H,7-13H2,1-2H3,(H2,20,21,23)/t14-,18+/m1/s1. The molecule has 1 heterocycles. The Morgan fingerprint density at radius 3 is 2.79 bits per heavy atom. The molecule has 132 valence electrons. The Morgan fingerprint density at radius 1 is 1.29 bits per heavy atom. The van der Waals surface area contributed by atoms with Crippen molar-refractivity contribution in [2.45, 2.75) is 38.3 Å². The molecule has 3 rings (SSSR count). The third-order valence-corrected chi connectivity index (χ3v) is 5.37. The summed E-state index contributed by atoms with van der Waals surface area (Å²) in [6.45, 7) is 5.89. The number of piperidine rings is 1. The largest absolute Gasteiger partial charge is 0.381 e. The van der Waals surface area contributed by atoms with Crippen LogP contribution in [-0.2, 0) is 11.2 Å². The molecule has 1 aromatic rings. The Bertz CT molecular complexity index is 555. The fraction of sp³-hybridized carbons (Fsp3) is 0.632. The summed E-state index contributed by atoms with van der Waals surface area (Å²) in [7, 11) is 1.79. The molecule has 0 aromatic heterocycles. The number of amides is 2. The van der Waals surface area contributed by atoms with Gasteiger partial charge in [-0.05, 0) is 36.3 Å². The third kappa shape index (κ3) is 4.08. The van der Waals surface area contributed by atoms with Gasteiger partial charge >= 0.3 is 6.03 Å². The van der Waals surface area contributed by atoms with Crippen molar-refractivity contribution in [2.24, 2.45) is 5.92 Å². The zero-order chi connectivity index (χ0) is 16.9. The Morgan fingerprint density at radius 2 is 2.04 bits per heavy atom. The summed E-state index contributed by atoms with van der Waals surface area (Å²) in [5.74, 6) is 0.446. The molecule has 1 aromatic carbocycles. The summed E-state index contributed by atoms with van der Waals surface area (Å²) in [6.07, 6.45) is 3.61. The molecule has 0 radical (unpaired) electrons. The van der Waals surface area contributed by atoms with Crippen LogP contribution in [0.15, 0.2) is 24.3 Å². The molecule has 2 N–H and O–H groups in total. The van der Waals surface area contributed by atoms with Crippen LogP contribution in [0.3, 0.4) is 0 Å². The number of carbonyl (C=O) groups is 1. The fourth-order valence-electron chi connectivity index (χ4n) is 3.90. The van der Waals surface area contributed by atoms with E-state index in [0.29, 0.717) is 18.6 Å². The van der Waals surface area contributed by atoms with Crippen LogP contribution >= 0.6 is 0 Å². The van der Waals surface area contributed by atoms with Crippen LogP contribution in [0.4, 0.5) is 4.79 Å². The number of hydrogen-bond acceptors (Lipinski definition) is 3. The minimum Gasteiger partial charge on any atom is -0.381 e. The molecule has 0 unspecified atom stereocenters. The quantitative estimate of drug-likeness (QED) is 0.871. The van der Waals surface area contributed by atoms with Crippen molar-refractivity contribution in [3.8, 4) is 0 Å². The lowest BCUT2D eigenvalue weighted by Gasteiger charge is -2.31. The number of nitrogens with one attached hydrogen (secondary N) is 2. The first-order valence-electron chi connectivity index (χ1n) is 9.04. The molecule has 0 saturated carbocycles. The van der Waals surface area contributed by atoms with Gasteiger partial charge in [0.2, 0.25) is 0 Å². The van der Waals surface area contributed by atoms with Crippen molar-refractivity contribution in [1.29, 1.82) is 0 Å².